The van der Waals surface area contributed by atoms with Crippen molar-refractivity contribution in [3.63, 3.8) is 0 Å². The number of para-hydroxylation sites is 2. The molecule has 0 aliphatic carbocycles. The molecular weight excluding hydrogens is 292 g/mol. The van der Waals surface area contributed by atoms with Crippen LogP contribution < -0.4 is 5.32 Å². The number of nitrogens with one attached hydrogen (secondary N) is 1. The molecule has 0 radical (unpaired) electrons. The number of hydrogen-bond donors (Lipinski definition) is 1. The van der Waals surface area contributed by atoms with Gasteiger partial charge in [0.2, 0.25) is 0 Å². The first-order chi connectivity index (χ1) is 8.83. The van der Waals surface area contributed by atoms with E-state index < -0.39 is 0 Å². The fraction of sp³-hybridized carbons (Fsp3) is 0.0714. The standard InChI is InChI=1S/C14H11BrN2O/c15-11-6-2-4-8-13(11)17-14-16-12-7-3-1-5-10(12)9-18-14/h1-8H,9H2,(H,16,17). The highest BCUT2D eigenvalue weighted by atomic mass is 79.9. The minimum absolute atomic E-state index is 0.528. The molecule has 0 atom stereocenters. The largest absolute Gasteiger partial charge is 0.460 e. The van der Waals surface area contributed by atoms with E-state index in [9.17, 15) is 0 Å². The number of halogens is 1. The molecule has 90 valence electrons. The van der Waals surface area contributed by atoms with Crippen molar-refractivity contribution in [3.05, 3.63) is 58.6 Å². The van der Waals surface area contributed by atoms with Crippen molar-refractivity contribution in [1.82, 2.24) is 0 Å². The molecule has 4 heteroatoms. The van der Waals surface area contributed by atoms with Crippen molar-refractivity contribution in [1.29, 1.82) is 0 Å². The van der Waals surface area contributed by atoms with Gasteiger partial charge in [-0.05, 0) is 34.1 Å². The molecule has 0 amide bonds. The molecule has 0 bridgehead atoms. The SMILES string of the molecule is Brc1ccccc1NC1=Nc2ccccc2CO1. The van der Waals surface area contributed by atoms with E-state index in [-0.39, 0.29) is 0 Å². The quantitative estimate of drug-likeness (QED) is 0.861. The first-order valence-electron chi connectivity index (χ1n) is 5.64. The topological polar surface area (TPSA) is 33.6 Å². The van der Waals surface area contributed by atoms with Crippen molar-refractivity contribution < 1.29 is 4.74 Å². The summed E-state index contributed by atoms with van der Waals surface area (Å²) in [6.07, 6.45) is 0. The van der Waals surface area contributed by atoms with Crippen LogP contribution >= 0.6 is 15.9 Å². The lowest BCUT2D eigenvalue weighted by atomic mass is 10.2. The molecule has 0 fully saturated rings. The summed E-state index contributed by atoms with van der Waals surface area (Å²) in [5.41, 5.74) is 3.00. The van der Waals surface area contributed by atoms with Gasteiger partial charge < -0.3 is 10.1 Å². The molecule has 0 spiro atoms. The van der Waals surface area contributed by atoms with E-state index >= 15 is 0 Å². The Morgan fingerprint density at radius 1 is 1.06 bits per heavy atom. The van der Waals surface area contributed by atoms with Crippen molar-refractivity contribution in [3.8, 4) is 0 Å². The maximum Gasteiger partial charge on any atom is 0.294 e. The molecule has 3 rings (SSSR count). The Kier molecular flexibility index (Phi) is 3.02. The van der Waals surface area contributed by atoms with Crippen LogP contribution in [0, 0.1) is 0 Å². The number of aliphatic imine (C=N–C) groups is 1. The molecule has 0 saturated carbocycles. The first kappa shape index (κ1) is 11.3. The van der Waals surface area contributed by atoms with E-state index in [1.54, 1.807) is 0 Å². The maximum absolute atomic E-state index is 5.58. The van der Waals surface area contributed by atoms with Crippen LogP contribution in [0.2, 0.25) is 0 Å². The fourth-order valence-corrected chi connectivity index (χ4v) is 2.16. The third-order valence-corrected chi connectivity index (χ3v) is 3.38. The Hall–Kier alpha value is -1.81. The normalized spacial score (nSPS) is 13.3. The summed E-state index contributed by atoms with van der Waals surface area (Å²) in [4.78, 5) is 4.44. The van der Waals surface area contributed by atoms with Gasteiger partial charge in [-0.2, -0.15) is 4.99 Å². The molecule has 2 aromatic rings. The number of hydrogen-bond acceptors (Lipinski definition) is 3. The van der Waals surface area contributed by atoms with E-state index in [0.29, 0.717) is 12.6 Å². The van der Waals surface area contributed by atoms with Crippen molar-refractivity contribution in [2.24, 2.45) is 4.99 Å². The second kappa shape index (κ2) is 4.82. The molecule has 18 heavy (non-hydrogen) atoms. The van der Waals surface area contributed by atoms with Gasteiger partial charge >= 0.3 is 0 Å². The van der Waals surface area contributed by atoms with Gasteiger partial charge in [0.1, 0.15) is 6.61 Å². The average molecular weight is 303 g/mol. The van der Waals surface area contributed by atoms with Crippen LogP contribution in [0.5, 0.6) is 0 Å². The first-order valence-corrected chi connectivity index (χ1v) is 6.43. The number of ether oxygens (including phenoxy) is 1. The van der Waals surface area contributed by atoms with E-state index in [0.717, 1.165) is 21.4 Å². The number of amidine groups is 1. The highest BCUT2D eigenvalue weighted by Gasteiger charge is 2.12. The summed E-state index contributed by atoms with van der Waals surface area (Å²) in [5, 5.41) is 3.17. The highest BCUT2D eigenvalue weighted by molar-refractivity contribution is 9.10. The average Bonchev–Trinajstić information content (AvgIpc) is 2.41. The fourth-order valence-electron chi connectivity index (χ4n) is 1.77. The number of benzene rings is 2. The molecule has 2 aromatic carbocycles. The Balaban J connectivity index is 1.88. The van der Waals surface area contributed by atoms with Crippen LogP contribution in [0.15, 0.2) is 58.0 Å². The Labute approximate surface area is 114 Å². The van der Waals surface area contributed by atoms with Gasteiger partial charge in [-0.1, -0.05) is 30.3 Å². The molecule has 1 aliphatic rings. The van der Waals surface area contributed by atoms with Crippen molar-refractivity contribution in [2.75, 3.05) is 5.32 Å². The van der Waals surface area contributed by atoms with Gasteiger partial charge in [-0.25, -0.2) is 0 Å². The summed E-state index contributed by atoms with van der Waals surface area (Å²) in [5.74, 6) is 0. The zero-order chi connectivity index (χ0) is 12.4. The number of anilines is 1. The predicted octanol–water partition coefficient (Wildman–Crippen LogP) is 4.08. The lowest BCUT2D eigenvalue weighted by molar-refractivity contribution is 0.286. The van der Waals surface area contributed by atoms with Gasteiger partial charge in [-0.3, -0.25) is 0 Å². The zero-order valence-electron chi connectivity index (χ0n) is 9.56. The highest BCUT2D eigenvalue weighted by Crippen LogP contribution is 2.26. The summed E-state index contributed by atoms with van der Waals surface area (Å²) >= 11 is 3.48. The zero-order valence-corrected chi connectivity index (χ0v) is 11.1. The second-order valence-electron chi connectivity index (χ2n) is 3.94. The van der Waals surface area contributed by atoms with Crippen molar-refractivity contribution >= 4 is 33.3 Å². The van der Waals surface area contributed by atoms with Gasteiger partial charge in [-0.15, -0.1) is 0 Å². The van der Waals surface area contributed by atoms with Crippen LogP contribution in [-0.4, -0.2) is 6.02 Å². The van der Waals surface area contributed by atoms with Gasteiger partial charge in [0.15, 0.2) is 0 Å². The third kappa shape index (κ3) is 2.24. The molecule has 0 aromatic heterocycles. The van der Waals surface area contributed by atoms with Gasteiger partial charge in [0, 0.05) is 10.0 Å². The van der Waals surface area contributed by atoms with E-state index in [1.165, 1.54) is 0 Å². The molecule has 0 saturated heterocycles. The van der Waals surface area contributed by atoms with E-state index in [1.807, 2.05) is 48.5 Å². The molecule has 1 heterocycles. The van der Waals surface area contributed by atoms with E-state index in [2.05, 4.69) is 26.2 Å². The maximum atomic E-state index is 5.58. The minimum Gasteiger partial charge on any atom is -0.460 e. The molecule has 1 N–H and O–H groups in total. The summed E-state index contributed by atoms with van der Waals surface area (Å²) < 4.78 is 6.56. The lowest BCUT2D eigenvalue weighted by Gasteiger charge is -2.18. The van der Waals surface area contributed by atoms with Gasteiger partial charge in [0.25, 0.3) is 6.02 Å². The van der Waals surface area contributed by atoms with Crippen LogP contribution in [-0.2, 0) is 11.3 Å². The molecule has 1 aliphatic heterocycles. The number of nitrogens with zero attached hydrogens (tertiary/aromatic N) is 1. The van der Waals surface area contributed by atoms with Gasteiger partial charge in [0.05, 0.1) is 11.4 Å². The third-order valence-electron chi connectivity index (χ3n) is 2.69. The van der Waals surface area contributed by atoms with Crippen LogP contribution in [0.25, 0.3) is 0 Å². The summed E-state index contributed by atoms with van der Waals surface area (Å²) in [6.45, 7) is 0.548. The van der Waals surface area contributed by atoms with Crippen LogP contribution in [0.1, 0.15) is 5.56 Å². The summed E-state index contributed by atoms with van der Waals surface area (Å²) in [7, 11) is 0. The van der Waals surface area contributed by atoms with E-state index in [4.69, 9.17) is 4.74 Å². The van der Waals surface area contributed by atoms with Crippen LogP contribution in [0.3, 0.4) is 0 Å². The Bertz CT molecular complexity index is 610. The lowest BCUT2D eigenvalue weighted by Crippen LogP contribution is -2.18. The number of rotatable bonds is 1. The van der Waals surface area contributed by atoms with Crippen molar-refractivity contribution in [2.45, 2.75) is 6.61 Å². The monoisotopic (exact) mass is 302 g/mol. The molecule has 3 nitrogen and oxygen atoms in total. The predicted molar refractivity (Wildman–Crippen MR) is 76.1 cm³/mol. The molecule has 0 unspecified atom stereocenters. The smallest absolute Gasteiger partial charge is 0.294 e. The second-order valence-corrected chi connectivity index (χ2v) is 4.79. The molecular formula is C14H11BrN2O. The Morgan fingerprint density at radius 2 is 1.83 bits per heavy atom. The minimum atomic E-state index is 0.528. The number of fused-ring (bicyclic) bond motifs is 1. The summed E-state index contributed by atoms with van der Waals surface area (Å²) in [6, 6.07) is 16.4. The van der Waals surface area contributed by atoms with Crippen LogP contribution in [0.4, 0.5) is 11.4 Å². The Morgan fingerprint density at radius 3 is 2.72 bits per heavy atom.